The van der Waals surface area contributed by atoms with Gasteiger partial charge in [-0.1, -0.05) is 24.6 Å². The van der Waals surface area contributed by atoms with Crippen LogP contribution in [-0.2, 0) is 36.3 Å². The normalized spacial score (nSPS) is 24.0. The van der Waals surface area contributed by atoms with Crippen molar-refractivity contribution >= 4 is 21.7 Å². The Kier molecular flexibility index (Phi) is 6.76. The molecule has 228 valence electrons. The zero-order valence-corrected chi connectivity index (χ0v) is 22.3. The van der Waals surface area contributed by atoms with Crippen LogP contribution in [0.3, 0.4) is 0 Å². The number of hydrogen-bond acceptors (Lipinski definition) is 4. The van der Waals surface area contributed by atoms with Crippen molar-refractivity contribution in [1.82, 2.24) is 4.90 Å². The summed E-state index contributed by atoms with van der Waals surface area (Å²) in [4.78, 5) is 26.4. The van der Waals surface area contributed by atoms with Crippen LogP contribution in [0.4, 0.5) is 35.1 Å². The molecule has 1 aliphatic heterocycles. The van der Waals surface area contributed by atoms with Crippen molar-refractivity contribution in [2.24, 2.45) is 5.41 Å². The van der Waals surface area contributed by atoms with Crippen LogP contribution in [0.15, 0.2) is 47.4 Å². The number of nitrogens with zero attached hydrogens (tertiary/aromatic N) is 1. The summed E-state index contributed by atoms with van der Waals surface area (Å²) in [5.74, 6) is -3.01. The van der Waals surface area contributed by atoms with Gasteiger partial charge in [0.05, 0.1) is 10.9 Å². The number of benzene rings is 2. The summed E-state index contributed by atoms with van der Waals surface area (Å²) < 4.78 is 136. The van der Waals surface area contributed by atoms with Gasteiger partial charge in [0, 0.05) is 12.1 Å². The Morgan fingerprint density at radius 3 is 2.00 bits per heavy atom. The van der Waals surface area contributed by atoms with Crippen molar-refractivity contribution in [3.05, 3.63) is 65.0 Å². The Morgan fingerprint density at radius 2 is 1.50 bits per heavy atom. The number of aliphatic carboxylic acids is 1. The van der Waals surface area contributed by atoms with E-state index in [2.05, 4.69) is 0 Å². The van der Waals surface area contributed by atoms with Crippen LogP contribution in [0.25, 0.3) is 0 Å². The minimum Gasteiger partial charge on any atom is -0.480 e. The van der Waals surface area contributed by atoms with Gasteiger partial charge >= 0.3 is 24.0 Å². The first-order chi connectivity index (χ1) is 19.3. The van der Waals surface area contributed by atoms with E-state index in [1.807, 2.05) is 0 Å². The second kappa shape index (κ2) is 9.38. The molecule has 0 radical (unpaired) electrons. The molecule has 42 heavy (non-hydrogen) atoms. The molecule has 5 rings (SSSR count). The Bertz CT molecular complexity index is 1540. The number of halogens is 8. The van der Waals surface area contributed by atoms with Crippen LogP contribution < -0.4 is 0 Å². The summed E-state index contributed by atoms with van der Waals surface area (Å²) in [7, 11) is -4.66. The van der Waals surface area contributed by atoms with E-state index >= 15 is 0 Å². The molecule has 1 saturated heterocycles. The Balaban J connectivity index is 1.71. The lowest BCUT2D eigenvalue weighted by atomic mass is 9.67. The van der Waals surface area contributed by atoms with Gasteiger partial charge in [0.2, 0.25) is 5.91 Å². The highest BCUT2D eigenvalue weighted by molar-refractivity contribution is 7.92. The molecule has 0 bridgehead atoms. The van der Waals surface area contributed by atoms with E-state index in [9.17, 15) is 58.2 Å². The molecular formula is C27H23F8NO5S. The van der Waals surface area contributed by atoms with Gasteiger partial charge in [0.25, 0.3) is 0 Å². The molecule has 1 N–H and O–H groups in total. The maximum Gasteiger partial charge on any atom is 0.435 e. The Hall–Kier alpha value is -3.23. The molecule has 1 amide bonds. The number of fused-ring (bicyclic) bond motifs is 3. The number of amides is 1. The third-order valence-electron chi connectivity index (χ3n) is 8.96. The van der Waals surface area contributed by atoms with Gasteiger partial charge in [-0.05, 0) is 67.5 Å². The lowest BCUT2D eigenvalue weighted by Gasteiger charge is -2.46. The molecule has 1 heterocycles. The summed E-state index contributed by atoms with van der Waals surface area (Å²) >= 11 is 0. The molecule has 3 aliphatic rings. The lowest BCUT2D eigenvalue weighted by Crippen LogP contribution is -2.58. The summed E-state index contributed by atoms with van der Waals surface area (Å²) in [6, 6.07) is 3.61. The smallest absolute Gasteiger partial charge is 0.435 e. The number of alkyl halides is 7. The van der Waals surface area contributed by atoms with Gasteiger partial charge in [-0.15, -0.1) is 0 Å². The largest absolute Gasteiger partial charge is 0.480 e. The molecule has 2 aliphatic carbocycles. The highest BCUT2D eigenvalue weighted by Crippen LogP contribution is 2.57. The molecule has 2 atom stereocenters. The molecule has 15 heteroatoms. The van der Waals surface area contributed by atoms with E-state index in [-0.39, 0.29) is 55.8 Å². The van der Waals surface area contributed by atoms with E-state index in [0.29, 0.717) is 18.6 Å². The average molecular weight is 626 g/mol. The van der Waals surface area contributed by atoms with E-state index in [1.165, 1.54) is 0 Å². The maximum atomic E-state index is 14.9. The first-order valence-corrected chi connectivity index (χ1v) is 14.3. The van der Waals surface area contributed by atoms with E-state index < -0.39 is 72.2 Å². The van der Waals surface area contributed by atoms with Gasteiger partial charge in [-0.3, -0.25) is 9.59 Å². The molecule has 0 aromatic heterocycles. The van der Waals surface area contributed by atoms with Crippen molar-refractivity contribution in [2.45, 2.75) is 72.2 Å². The van der Waals surface area contributed by atoms with E-state index in [0.717, 1.165) is 29.2 Å². The van der Waals surface area contributed by atoms with Gasteiger partial charge in [0.1, 0.15) is 16.0 Å². The van der Waals surface area contributed by atoms with Gasteiger partial charge < -0.3 is 10.0 Å². The van der Waals surface area contributed by atoms with E-state index in [4.69, 9.17) is 0 Å². The molecule has 6 nitrogen and oxygen atoms in total. The summed E-state index contributed by atoms with van der Waals surface area (Å²) in [5, 5.41) is 9.81. The third-order valence-corrected chi connectivity index (χ3v) is 11.5. The fourth-order valence-corrected chi connectivity index (χ4v) is 8.99. The minimum absolute atomic E-state index is 0.00944. The number of likely N-dealkylation sites (tertiary alicyclic amines) is 1. The second-order valence-corrected chi connectivity index (χ2v) is 13.1. The maximum absolute atomic E-state index is 14.9. The topological polar surface area (TPSA) is 91.8 Å². The number of sulfone groups is 1. The summed E-state index contributed by atoms with van der Waals surface area (Å²) in [5.41, 5.74) is -9.83. The van der Waals surface area contributed by atoms with Gasteiger partial charge in [-0.2, -0.15) is 26.3 Å². The fraction of sp³-hybridized carbons (Fsp3) is 0.481. The van der Waals surface area contributed by atoms with Gasteiger partial charge in [-0.25, -0.2) is 17.2 Å². The molecule has 1 saturated carbocycles. The zero-order chi connectivity index (χ0) is 31.1. The van der Waals surface area contributed by atoms with Crippen LogP contribution in [0.1, 0.15) is 48.8 Å². The number of carbonyl (C=O) groups is 2. The number of hydrogen-bond donors (Lipinski definition) is 1. The molecule has 0 unspecified atom stereocenters. The van der Waals surface area contributed by atoms with Crippen molar-refractivity contribution < 1.29 is 58.2 Å². The third kappa shape index (κ3) is 3.90. The van der Waals surface area contributed by atoms with E-state index in [1.54, 1.807) is 0 Å². The van der Waals surface area contributed by atoms with Crippen molar-refractivity contribution in [1.29, 1.82) is 0 Å². The second-order valence-electron chi connectivity index (χ2n) is 10.9. The first kappa shape index (κ1) is 30.2. The molecule has 0 spiro atoms. The molecule has 2 aromatic carbocycles. The van der Waals surface area contributed by atoms with Crippen LogP contribution in [0.2, 0.25) is 0 Å². The van der Waals surface area contributed by atoms with Crippen LogP contribution in [0, 0.1) is 11.2 Å². The number of aryl methyl sites for hydroxylation is 1. The highest BCUT2D eigenvalue weighted by atomic mass is 32.2. The highest BCUT2D eigenvalue weighted by Gasteiger charge is 2.74. The molecule has 2 fully saturated rings. The predicted octanol–water partition coefficient (Wildman–Crippen LogP) is 5.59. The average Bonchev–Trinajstić information content (AvgIpc) is 3.27. The first-order valence-electron chi connectivity index (χ1n) is 12.9. The van der Waals surface area contributed by atoms with Crippen LogP contribution >= 0.6 is 0 Å². The molecule has 2 aromatic rings. The minimum atomic E-state index is -6.39. The summed E-state index contributed by atoms with van der Waals surface area (Å²) in [6.45, 7) is -0.279. The van der Waals surface area contributed by atoms with Crippen LogP contribution in [0.5, 0.6) is 0 Å². The predicted molar refractivity (Wildman–Crippen MR) is 129 cm³/mol. The lowest BCUT2D eigenvalue weighted by molar-refractivity contribution is -0.348. The van der Waals surface area contributed by atoms with Crippen molar-refractivity contribution in [3.8, 4) is 0 Å². The van der Waals surface area contributed by atoms with Crippen LogP contribution in [-0.4, -0.2) is 55.2 Å². The molecular weight excluding hydrogens is 602 g/mol. The Labute approximate surface area is 234 Å². The Morgan fingerprint density at radius 1 is 0.905 bits per heavy atom. The number of rotatable bonds is 5. The van der Waals surface area contributed by atoms with Crippen molar-refractivity contribution in [2.75, 3.05) is 6.54 Å². The number of carbonyl (C=O) groups excluding carboxylic acids is 1. The van der Waals surface area contributed by atoms with Gasteiger partial charge in [0.15, 0.2) is 9.84 Å². The fourth-order valence-electron chi connectivity index (χ4n) is 6.62. The summed E-state index contributed by atoms with van der Waals surface area (Å²) in [6.07, 6.45) is -13.3. The number of carboxylic acids is 1. The standard InChI is InChI=1S/C27H23F8NO5S/c28-17-4-6-18(7-5-17)42(40,41)24-12-13-36(21(37)23(22(38)39)10-1-11-23)20(24)9-2-15-14-16(3-8-19(15)24)25(29,26(30,31)32)27(33,34)35/h3-8,14,20H,1-2,9-13H2,(H,38,39)/t20-,24-/m1/s1. The monoisotopic (exact) mass is 625 g/mol. The SMILES string of the molecule is O=C(O)C1(C(=O)N2CC[C@@]3(S(=O)(=O)c4ccc(F)cc4)c4ccc(C(F)(C(F)(F)F)C(F)(F)F)cc4CC[C@@H]23)CCC1. The zero-order valence-electron chi connectivity index (χ0n) is 21.5. The quantitative estimate of drug-likeness (QED) is 0.266. The van der Waals surface area contributed by atoms with Crippen molar-refractivity contribution in [3.63, 3.8) is 0 Å². The number of carboxylic acid groups (broad SMARTS) is 1.